The van der Waals surface area contributed by atoms with E-state index in [-0.39, 0.29) is 46.9 Å². The highest BCUT2D eigenvalue weighted by molar-refractivity contribution is 6.30. The number of ether oxygens (including phenoxy) is 1. The van der Waals surface area contributed by atoms with Gasteiger partial charge in [0.1, 0.15) is 11.6 Å². The predicted molar refractivity (Wildman–Crippen MR) is 144 cm³/mol. The first-order valence-electron chi connectivity index (χ1n) is 11.9. The van der Waals surface area contributed by atoms with Gasteiger partial charge in [0.15, 0.2) is 0 Å². The quantitative estimate of drug-likeness (QED) is 0.380. The largest absolute Gasteiger partial charge is 0.491 e. The van der Waals surface area contributed by atoms with Gasteiger partial charge in [0.25, 0.3) is 0 Å². The lowest BCUT2D eigenvalue weighted by molar-refractivity contribution is -0.117. The molecular weight excluding hydrogens is 502 g/mol. The number of anilines is 1. The Bertz CT molecular complexity index is 1190. The molecule has 36 heavy (non-hydrogen) atoms. The number of hydrogen-bond acceptors (Lipinski definition) is 4. The number of nitrogens with one attached hydrogen (secondary N) is 2. The van der Waals surface area contributed by atoms with Crippen molar-refractivity contribution in [3.8, 4) is 5.75 Å². The fourth-order valence-electron chi connectivity index (χ4n) is 4.33. The zero-order valence-electron chi connectivity index (χ0n) is 21.1. The third-order valence-corrected chi connectivity index (χ3v) is 6.37. The van der Waals surface area contributed by atoms with Crippen LogP contribution in [0.25, 0.3) is 0 Å². The molecule has 2 N–H and O–H groups in total. The third-order valence-electron chi connectivity index (χ3n) is 6.06. The lowest BCUT2D eigenvalue weighted by atomic mass is 9.90. The molecule has 0 bridgehead atoms. The fraction of sp³-hybridized carbons (Fsp3) is 0.407. The van der Waals surface area contributed by atoms with Gasteiger partial charge in [-0.15, -0.1) is 12.4 Å². The number of halogens is 3. The van der Waals surface area contributed by atoms with Gasteiger partial charge >= 0.3 is 0 Å². The van der Waals surface area contributed by atoms with Crippen LogP contribution >= 0.6 is 24.0 Å². The van der Waals surface area contributed by atoms with Crippen molar-refractivity contribution >= 4 is 35.6 Å². The van der Waals surface area contributed by atoms with E-state index in [0.29, 0.717) is 12.1 Å². The summed E-state index contributed by atoms with van der Waals surface area (Å²) in [7, 11) is 0. The molecule has 0 saturated carbocycles. The second-order valence-corrected chi connectivity index (χ2v) is 10.7. The standard InChI is InChI=1S/C27H32ClFN4O2.ClH/c1-16(2)35-19-9-7-18(8-10-19)30-26(34)24-15-20(23-12-13-33(32-23)27(3,4)5)25(31-24)17-6-11-21(28)22(29)14-17;/h6-14,16,20,24-25,31H,15H2,1-5H3,(H,30,34);1H/t20?,24-,25-;/m0./s1. The molecule has 1 aliphatic rings. The first kappa shape index (κ1) is 28.0. The Morgan fingerprint density at radius 3 is 2.47 bits per heavy atom. The molecule has 1 fully saturated rings. The number of hydrogen-bond donors (Lipinski definition) is 2. The van der Waals surface area contributed by atoms with E-state index < -0.39 is 11.9 Å². The first-order chi connectivity index (χ1) is 16.5. The van der Waals surface area contributed by atoms with Crippen molar-refractivity contribution in [1.82, 2.24) is 15.1 Å². The number of amides is 1. The Kier molecular flexibility index (Phi) is 8.70. The van der Waals surface area contributed by atoms with Gasteiger partial charge in [-0.2, -0.15) is 5.10 Å². The molecule has 2 aromatic carbocycles. The summed E-state index contributed by atoms with van der Waals surface area (Å²) in [6, 6.07) is 13.3. The second-order valence-electron chi connectivity index (χ2n) is 10.2. The van der Waals surface area contributed by atoms with Crippen LogP contribution in [-0.2, 0) is 10.3 Å². The van der Waals surface area contributed by atoms with Crippen LogP contribution in [0.5, 0.6) is 5.75 Å². The highest BCUT2D eigenvalue weighted by Crippen LogP contribution is 2.41. The number of nitrogens with zero attached hydrogens (tertiary/aromatic N) is 2. The van der Waals surface area contributed by atoms with Crippen molar-refractivity contribution in [3.63, 3.8) is 0 Å². The molecule has 3 atom stereocenters. The molecule has 2 heterocycles. The Labute approximate surface area is 223 Å². The monoisotopic (exact) mass is 534 g/mol. The maximum absolute atomic E-state index is 14.3. The summed E-state index contributed by atoms with van der Waals surface area (Å²) in [6.07, 6.45) is 2.55. The Balaban J connectivity index is 0.00000361. The van der Waals surface area contributed by atoms with Crippen LogP contribution < -0.4 is 15.4 Å². The normalized spacial score (nSPS) is 19.7. The Hall–Kier alpha value is -2.61. The second kappa shape index (κ2) is 11.2. The number of carbonyl (C=O) groups excluding carboxylic acids is 1. The number of rotatable bonds is 6. The van der Waals surface area contributed by atoms with Crippen LogP contribution in [0.4, 0.5) is 10.1 Å². The third kappa shape index (κ3) is 6.38. The van der Waals surface area contributed by atoms with E-state index in [9.17, 15) is 9.18 Å². The molecule has 1 saturated heterocycles. The average Bonchev–Trinajstić information content (AvgIpc) is 3.44. The van der Waals surface area contributed by atoms with E-state index in [1.165, 1.54) is 6.07 Å². The average molecular weight is 535 g/mol. The molecule has 1 unspecified atom stereocenters. The van der Waals surface area contributed by atoms with Gasteiger partial charge < -0.3 is 10.1 Å². The molecule has 0 aliphatic carbocycles. The molecule has 1 aliphatic heterocycles. The molecule has 0 spiro atoms. The van der Waals surface area contributed by atoms with Crippen LogP contribution in [0.1, 0.15) is 64.3 Å². The molecule has 6 nitrogen and oxygen atoms in total. The summed E-state index contributed by atoms with van der Waals surface area (Å²) < 4.78 is 21.9. The van der Waals surface area contributed by atoms with Crippen LogP contribution in [0.15, 0.2) is 54.7 Å². The highest BCUT2D eigenvalue weighted by Gasteiger charge is 2.40. The zero-order chi connectivity index (χ0) is 25.3. The van der Waals surface area contributed by atoms with E-state index in [4.69, 9.17) is 21.4 Å². The smallest absolute Gasteiger partial charge is 0.241 e. The van der Waals surface area contributed by atoms with Crippen molar-refractivity contribution in [2.45, 2.75) is 70.7 Å². The summed E-state index contributed by atoms with van der Waals surface area (Å²) in [5.41, 5.74) is 2.10. The van der Waals surface area contributed by atoms with E-state index in [1.807, 2.05) is 55.1 Å². The molecular formula is C27H33Cl2FN4O2. The van der Waals surface area contributed by atoms with Crippen molar-refractivity contribution in [2.75, 3.05) is 5.32 Å². The summed E-state index contributed by atoms with van der Waals surface area (Å²) in [5.74, 6) is -0.00526. The highest BCUT2D eigenvalue weighted by atomic mass is 35.5. The topological polar surface area (TPSA) is 68.2 Å². The van der Waals surface area contributed by atoms with Crippen molar-refractivity contribution in [3.05, 3.63) is 76.8 Å². The molecule has 0 radical (unpaired) electrons. The SMILES string of the molecule is CC(C)Oc1ccc(NC(=O)[C@@H]2CC(c3ccn(C(C)(C)C)n3)[C@H](c3ccc(Cl)c(F)c3)N2)cc1.Cl. The van der Waals surface area contributed by atoms with E-state index in [1.54, 1.807) is 12.1 Å². The van der Waals surface area contributed by atoms with Crippen LogP contribution in [0.2, 0.25) is 5.02 Å². The van der Waals surface area contributed by atoms with E-state index in [0.717, 1.165) is 17.0 Å². The molecule has 194 valence electrons. The lowest BCUT2D eigenvalue weighted by Gasteiger charge is -2.21. The summed E-state index contributed by atoms with van der Waals surface area (Å²) in [4.78, 5) is 13.2. The molecule has 1 amide bonds. The van der Waals surface area contributed by atoms with Gasteiger partial charge in [-0.25, -0.2) is 4.39 Å². The first-order valence-corrected chi connectivity index (χ1v) is 12.2. The summed E-state index contributed by atoms with van der Waals surface area (Å²) in [6.45, 7) is 10.2. The van der Waals surface area contributed by atoms with Crippen LogP contribution in [-0.4, -0.2) is 27.8 Å². The Morgan fingerprint density at radius 2 is 1.89 bits per heavy atom. The lowest BCUT2D eigenvalue weighted by Crippen LogP contribution is -2.36. The summed E-state index contributed by atoms with van der Waals surface area (Å²) >= 11 is 5.92. The fourth-order valence-corrected chi connectivity index (χ4v) is 4.44. The van der Waals surface area contributed by atoms with Crippen molar-refractivity contribution in [1.29, 1.82) is 0 Å². The van der Waals surface area contributed by atoms with Crippen LogP contribution in [0.3, 0.4) is 0 Å². The number of benzene rings is 2. The van der Waals surface area contributed by atoms with Gasteiger partial charge in [0.2, 0.25) is 5.91 Å². The van der Waals surface area contributed by atoms with Crippen molar-refractivity contribution in [2.24, 2.45) is 0 Å². The maximum Gasteiger partial charge on any atom is 0.241 e. The molecule has 3 aromatic rings. The van der Waals surface area contributed by atoms with Crippen LogP contribution in [0, 0.1) is 5.82 Å². The van der Waals surface area contributed by atoms with Crippen molar-refractivity contribution < 1.29 is 13.9 Å². The molecule has 4 rings (SSSR count). The number of carbonyl (C=O) groups is 1. The van der Waals surface area contributed by atoms with E-state index in [2.05, 4.69) is 31.4 Å². The van der Waals surface area contributed by atoms with Gasteiger partial charge in [-0.05, 0) is 89.1 Å². The maximum atomic E-state index is 14.3. The van der Waals surface area contributed by atoms with Gasteiger partial charge in [0, 0.05) is 23.8 Å². The van der Waals surface area contributed by atoms with Gasteiger partial charge in [-0.3, -0.25) is 14.8 Å². The van der Waals surface area contributed by atoms with E-state index >= 15 is 0 Å². The molecule has 1 aromatic heterocycles. The molecule has 9 heteroatoms. The minimum absolute atomic E-state index is 0. The number of aromatic nitrogens is 2. The summed E-state index contributed by atoms with van der Waals surface area (Å²) in [5, 5.41) is 11.3. The van der Waals surface area contributed by atoms with Gasteiger partial charge in [-0.1, -0.05) is 17.7 Å². The minimum atomic E-state index is -0.485. The predicted octanol–water partition coefficient (Wildman–Crippen LogP) is 6.47. The zero-order valence-corrected chi connectivity index (χ0v) is 22.7. The Morgan fingerprint density at radius 1 is 1.19 bits per heavy atom. The minimum Gasteiger partial charge on any atom is -0.491 e. The van der Waals surface area contributed by atoms with Gasteiger partial charge in [0.05, 0.1) is 28.4 Å².